The van der Waals surface area contributed by atoms with E-state index < -0.39 is 5.97 Å². The van der Waals surface area contributed by atoms with Crippen molar-refractivity contribution in [3.63, 3.8) is 0 Å². The van der Waals surface area contributed by atoms with Gasteiger partial charge in [-0.05, 0) is 50.2 Å². The Labute approximate surface area is 140 Å². The van der Waals surface area contributed by atoms with Gasteiger partial charge in [-0.2, -0.15) is 5.11 Å². The molecule has 0 atom stereocenters. The minimum absolute atomic E-state index is 0.191. The Kier molecular flexibility index (Phi) is 6.08. The molecular weight excluding hydrogens is 308 g/mol. The molecule has 0 aliphatic carbocycles. The van der Waals surface area contributed by atoms with Crippen LogP contribution in [0.1, 0.15) is 13.8 Å². The molecule has 2 aromatic carbocycles. The first-order valence-electron chi connectivity index (χ1n) is 7.42. The minimum atomic E-state index is -0.717. The van der Waals surface area contributed by atoms with Crippen LogP contribution in [-0.4, -0.2) is 17.7 Å². The molecule has 0 aromatic heterocycles. The van der Waals surface area contributed by atoms with Gasteiger partial charge in [-0.25, -0.2) is 4.79 Å². The fourth-order valence-electron chi connectivity index (χ4n) is 1.77. The first-order valence-corrected chi connectivity index (χ1v) is 7.42. The molecule has 24 heavy (non-hydrogen) atoms. The molecule has 6 heteroatoms. The summed E-state index contributed by atoms with van der Waals surface area (Å²) < 4.78 is 10.5. The molecule has 0 unspecified atom stereocenters. The molecule has 0 spiro atoms. The fraction of sp³-hybridized carbons (Fsp3) is 0.167. The van der Waals surface area contributed by atoms with Gasteiger partial charge in [0.15, 0.2) is 0 Å². The number of carbonyl (C=O) groups is 1. The van der Waals surface area contributed by atoms with Gasteiger partial charge in [-0.15, -0.1) is 5.11 Å². The molecule has 2 rings (SSSR count). The lowest BCUT2D eigenvalue weighted by Gasteiger charge is -2.05. The zero-order chi connectivity index (χ0) is 17.4. The molecule has 0 saturated carbocycles. The third-order valence-corrected chi connectivity index (χ3v) is 2.89. The second-order valence-electron chi connectivity index (χ2n) is 4.76. The van der Waals surface area contributed by atoms with Crippen molar-refractivity contribution in [3.05, 3.63) is 66.1 Å². The van der Waals surface area contributed by atoms with Gasteiger partial charge >= 0.3 is 5.97 Å². The standard InChI is InChI=1S/C18H18N2O4/c1-3-23-18(22)17(13(2)21)20-19-14-9-11-16(12-10-14)24-15-7-5-4-6-8-15/h4-12,21H,3H2,1-2H3. The van der Waals surface area contributed by atoms with Gasteiger partial charge in [0, 0.05) is 0 Å². The molecule has 6 nitrogen and oxygen atoms in total. The Morgan fingerprint density at radius 2 is 1.67 bits per heavy atom. The third kappa shape index (κ3) is 4.95. The van der Waals surface area contributed by atoms with Crippen LogP contribution >= 0.6 is 0 Å². The van der Waals surface area contributed by atoms with Gasteiger partial charge in [0.05, 0.1) is 12.3 Å². The monoisotopic (exact) mass is 326 g/mol. The smallest absolute Gasteiger partial charge is 0.362 e. The van der Waals surface area contributed by atoms with E-state index in [0.717, 1.165) is 5.75 Å². The molecule has 1 N–H and O–H groups in total. The number of rotatable bonds is 6. The van der Waals surface area contributed by atoms with Crippen LogP contribution in [0.2, 0.25) is 0 Å². The summed E-state index contributed by atoms with van der Waals surface area (Å²) in [4.78, 5) is 11.6. The van der Waals surface area contributed by atoms with Crippen LogP contribution < -0.4 is 4.74 Å². The molecule has 0 radical (unpaired) electrons. The highest BCUT2D eigenvalue weighted by Gasteiger charge is 2.13. The molecule has 0 heterocycles. The highest BCUT2D eigenvalue weighted by atomic mass is 16.5. The second kappa shape index (κ2) is 8.47. The van der Waals surface area contributed by atoms with Crippen molar-refractivity contribution >= 4 is 11.7 Å². The van der Waals surface area contributed by atoms with Gasteiger partial charge in [0.2, 0.25) is 5.70 Å². The zero-order valence-corrected chi connectivity index (χ0v) is 13.5. The second-order valence-corrected chi connectivity index (χ2v) is 4.76. The topological polar surface area (TPSA) is 80.5 Å². The Morgan fingerprint density at radius 1 is 1.04 bits per heavy atom. The number of hydrogen-bond donors (Lipinski definition) is 1. The van der Waals surface area contributed by atoms with Crippen molar-refractivity contribution in [2.24, 2.45) is 10.2 Å². The van der Waals surface area contributed by atoms with E-state index in [1.807, 2.05) is 30.3 Å². The van der Waals surface area contributed by atoms with Crippen LogP contribution in [0.25, 0.3) is 0 Å². The lowest BCUT2D eigenvalue weighted by atomic mass is 10.3. The first-order chi connectivity index (χ1) is 11.6. The van der Waals surface area contributed by atoms with E-state index in [4.69, 9.17) is 9.47 Å². The SMILES string of the molecule is CCOC(=O)C(N=Nc1ccc(Oc2ccccc2)cc1)=C(C)O. The van der Waals surface area contributed by atoms with Crippen LogP contribution in [0.3, 0.4) is 0 Å². The predicted molar refractivity (Wildman–Crippen MR) is 89.4 cm³/mol. The maximum absolute atomic E-state index is 11.6. The summed E-state index contributed by atoms with van der Waals surface area (Å²) >= 11 is 0. The van der Waals surface area contributed by atoms with Gasteiger partial charge < -0.3 is 14.6 Å². The number of aliphatic hydroxyl groups is 1. The van der Waals surface area contributed by atoms with E-state index >= 15 is 0 Å². The van der Waals surface area contributed by atoms with Crippen molar-refractivity contribution in [1.82, 2.24) is 0 Å². The predicted octanol–water partition coefficient (Wildman–Crippen LogP) is 4.92. The van der Waals surface area contributed by atoms with Crippen molar-refractivity contribution in [2.75, 3.05) is 6.61 Å². The number of esters is 1. The van der Waals surface area contributed by atoms with Crippen molar-refractivity contribution in [1.29, 1.82) is 0 Å². The summed E-state index contributed by atoms with van der Waals surface area (Å²) in [6, 6.07) is 16.3. The van der Waals surface area contributed by atoms with Crippen LogP contribution in [0, 0.1) is 0 Å². The fourth-order valence-corrected chi connectivity index (χ4v) is 1.77. The summed E-state index contributed by atoms with van der Waals surface area (Å²) in [7, 11) is 0. The Balaban J connectivity index is 2.07. The Bertz CT molecular complexity index is 733. The van der Waals surface area contributed by atoms with Crippen LogP contribution in [0.4, 0.5) is 5.69 Å². The first kappa shape index (κ1) is 17.2. The number of ether oxygens (including phenoxy) is 2. The van der Waals surface area contributed by atoms with E-state index in [2.05, 4.69) is 10.2 Å². The van der Waals surface area contributed by atoms with E-state index in [-0.39, 0.29) is 18.1 Å². The number of aliphatic hydroxyl groups excluding tert-OH is 1. The number of azo groups is 1. The van der Waals surface area contributed by atoms with Crippen molar-refractivity contribution in [3.8, 4) is 11.5 Å². The van der Waals surface area contributed by atoms with Gasteiger partial charge in [0.1, 0.15) is 17.3 Å². The summed E-state index contributed by atoms with van der Waals surface area (Å²) in [5.41, 5.74) is 0.292. The number of nitrogens with zero attached hydrogens (tertiary/aromatic N) is 2. The van der Waals surface area contributed by atoms with E-state index in [0.29, 0.717) is 11.4 Å². The highest BCUT2D eigenvalue weighted by Crippen LogP contribution is 2.24. The van der Waals surface area contributed by atoms with Crippen molar-refractivity contribution in [2.45, 2.75) is 13.8 Å². The molecule has 0 aliphatic heterocycles. The largest absolute Gasteiger partial charge is 0.510 e. The van der Waals surface area contributed by atoms with E-state index in [1.54, 1.807) is 31.2 Å². The number of benzene rings is 2. The molecule has 0 aliphatic rings. The normalized spacial score (nSPS) is 11.9. The average Bonchev–Trinajstić information content (AvgIpc) is 2.57. The summed E-state index contributed by atoms with van der Waals surface area (Å²) in [5, 5.41) is 17.2. The molecule has 0 bridgehead atoms. The quantitative estimate of drug-likeness (QED) is 0.354. The molecule has 0 amide bonds. The highest BCUT2D eigenvalue weighted by molar-refractivity contribution is 5.88. The lowest BCUT2D eigenvalue weighted by Crippen LogP contribution is -2.07. The van der Waals surface area contributed by atoms with E-state index in [9.17, 15) is 9.90 Å². The van der Waals surface area contributed by atoms with Gasteiger partial charge in [-0.1, -0.05) is 18.2 Å². The van der Waals surface area contributed by atoms with Crippen LogP contribution in [0.5, 0.6) is 11.5 Å². The zero-order valence-electron chi connectivity index (χ0n) is 13.5. The van der Waals surface area contributed by atoms with E-state index in [1.165, 1.54) is 6.92 Å². The maximum Gasteiger partial charge on any atom is 0.362 e. The summed E-state index contributed by atoms with van der Waals surface area (Å²) in [6.45, 7) is 3.21. The minimum Gasteiger partial charge on any atom is -0.510 e. The molecule has 2 aromatic rings. The lowest BCUT2D eigenvalue weighted by molar-refractivity contribution is -0.138. The summed E-state index contributed by atoms with van der Waals surface area (Å²) in [5.74, 6) is 0.418. The number of para-hydroxylation sites is 1. The molecule has 0 saturated heterocycles. The van der Waals surface area contributed by atoms with Gasteiger partial charge in [0.25, 0.3) is 0 Å². The Hall–Kier alpha value is -3.15. The van der Waals surface area contributed by atoms with Crippen molar-refractivity contribution < 1.29 is 19.4 Å². The summed E-state index contributed by atoms with van der Waals surface area (Å²) in [6.07, 6.45) is 0. The Morgan fingerprint density at radius 3 is 2.25 bits per heavy atom. The number of carbonyl (C=O) groups excluding carboxylic acids is 1. The number of allylic oxidation sites excluding steroid dienone is 1. The maximum atomic E-state index is 11.6. The third-order valence-electron chi connectivity index (χ3n) is 2.89. The van der Waals surface area contributed by atoms with Crippen LogP contribution in [-0.2, 0) is 9.53 Å². The molecular formula is C18H18N2O4. The van der Waals surface area contributed by atoms with Crippen LogP contribution in [0.15, 0.2) is 76.3 Å². The number of hydrogen-bond acceptors (Lipinski definition) is 6. The molecule has 0 fully saturated rings. The van der Waals surface area contributed by atoms with Gasteiger partial charge in [-0.3, -0.25) is 0 Å². The average molecular weight is 326 g/mol. The molecule has 124 valence electrons.